The molecule has 0 aromatic carbocycles. The van der Waals surface area contributed by atoms with Crippen LogP contribution in [0.3, 0.4) is 0 Å². The standard InChI is InChI=1S/C13H19N3O3S2/c14-11-10(12(17)15-3-6-18-7-4-15)21-13(20)16(11)8-9-2-1-5-19-9/h9H,1-8,14H2/t9-/m0/s1. The van der Waals surface area contributed by atoms with Crippen LogP contribution in [-0.4, -0.2) is 54.4 Å². The van der Waals surface area contributed by atoms with Gasteiger partial charge in [0.05, 0.1) is 25.9 Å². The molecule has 6 nitrogen and oxygen atoms in total. The van der Waals surface area contributed by atoms with Gasteiger partial charge in [-0.1, -0.05) is 11.3 Å². The summed E-state index contributed by atoms with van der Waals surface area (Å²) in [7, 11) is 0. The maximum Gasteiger partial charge on any atom is 0.267 e. The van der Waals surface area contributed by atoms with Gasteiger partial charge in [0.25, 0.3) is 5.91 Å². The third-order valence-electron chi connectivity index (χ3n) is 3.84. The molecule has 21 heavy (non-hydrogen) atoms. The van der Waals surface area contributed by atoms with E-state index in [4.69, 9.17) is 27.4 Å². The molecule has 116 valence electrons. The van der Waals surface area contributed by atoms with Crippen molar-refractivity contribution in [2.75, 3.05) is 38.6 Å². The molecule has 0 radical (unpaired) electrons. The molecular formula is C13H19N3O3S2. The fourth-order valence-electron chi connectivity index (χ4n) is 2.64. The molecule has 2 N–H and O–H groups in total. The lowest BCUT2D eigenvalue weighted by Gasteiger charge is -2.26. The number of ether oxygens (including phenoxy) is 2. The predicted octanol–water partition coefficient (Wildman–Crippen LogP) is 1.51. The van der Waals surface area contributed by atoms with Crippen LogP contribution in [0.2, 0.25) is 0 Å². The van der Waals surface area contributed by atoms with Gasteiger partial charge in [-0.25, -0.2) is 0 Å². The molecule has 8 heteroatoms. The third kappa shape index (κ3) is 3.13. The number of nitrogens with two attached hydrogens (primary N) is 1. The van der Waals surface area contributed by atoms with E-state index < -0.39 is 0 Å². The zero-order valence-corrected chi connectivity index (χ0v) is 13.4. The molecule has 2 aliphatic rings. The smallest absolute Gasteiger partial charge is 0.267 e. The van der Waals surface area contributed by atoms with Crippen LogP contribution in [0.1, 0.15) is 22.5 Å². The van der Waals surface area contributed by atoms with Gasteiger partial charge in [-0.2, -0.15) is 0 Å². The lowest BCUT2D eigenvalue weighted by molar-refractivity contribution is 0.0306. The van der Waals surface area contributed by atoms with Crippen LogP contribution in [0.25, 0.3) is 0 Å². The molecule has 3 heterocycles. The van der Waals surface area contributed by atoms with Crippen molar-refractivity contribution in [3.63, 3.8) is 0 Å². The lowest BCUT2D eigenvalue weighted by Crippen LogP contribution is -2.40. The predicted molar refractivity (Wildman–Crippen MR) is 83.3 cm³/mol. The van der Waals surface area contributed by atoms with Crippen molar-refractivity contribution in [3.05, 3.63) is 8.83 Å². The summed E-state index contributed by atoms with van der Waals surface area (Å²) in [6.07, 6.45) is 2.24. The topological polar surface area (TPSA) is 69.7 Å². The third-order valence-corrected chi connectivity index (χ3v) is 5.29. The van der Waals surface area contributed by atoms with Crippen LogP contribution in [0, 0.1) is 3.95 Å². The molecule has 1 aromatic heterocycles. The summed E-state index contributed by atoms with van der Waals surface area (Å²) in [5.74, 6) is 0.426. The minimum atomic E-state index is -0.0435. The SMILES string of the molecule is Nc1c(C(=O)N2CCOCC2)sc(=S)n1C[C@@H]1CCCO1. The highest BCUT2D eigenvalue weighted by Gasteiger charge is 2.25. The molecule has 0 unspecified atom stereocenters. The Bertz CT molecular complexity index is 572. The summed E-state index contributed by atoms with van der Waals surface area (Å²) in [6.45, 7) is 3.80. The van der Waals surface area contributed by atoms with Crippen LogP contribution < -0.4 is 5.73 Å². The van der Waals surface area contributed by atoms with E-state index in [9.17, 15) is 4.79 Å². The van der Waals surface area contributed by atoms with Crippen molar-refractivity contribution in [2.45, 2.75) is 25.5 Å². The molecule has 0 spiro atoms. The second-order valence-electron chi connectivity index (χ2n) is 5.23. The van der Waals surface area contributed by atoms with Gasteiger partial charge < -0.3 is 24.7 Å². The maximum absolute atomic E-state index is 12.5. The van der Waals surface area contributed by atoms with Gasteiger partial charge >= 0.3 is 0 Å². The highest BCUT2D eigenvalue weighted by atomic mass is 32.1. The van der Waals surface area contributed by atoms with Gasteiger partial charge in [-0.15, -0.1) is 0 Å². The van der Waals surface area contributed by atoms with Gasteiger partial charge in [-0.05, 0) is 25.1 Å². The first kappa shape index (κ1) is 15.0. The van der Waals surface area contributed by atoms with E-state index in [0.717, 1.165) is 19.4 Å². The Kier molecular flexibility index (Phi) is 4.58. The number of nitrogen functional groups attached to an aromatic ring is 1. The zero-order chi connectivity index (χ0) is 14.8. The number of hydrogen-bond donors (Lipinski definition) is 1. The first-order valence-electron chi connectivity index (χ1n) is 7.14. The zero-order valence-electron chi connectivity index (χ0n) is 11.7. The molecule has 2 saturated heterocycles. The van der Waals surface area contributed by atoms with E-state index in [2.05, 4.69) is 0 Å². The minimum Gasteiger partial charge on any atom is -0.384 e. The average molecular weight is 329 g/mol. The molecule has 0 aliphatic carbocycles. The van der Waals surface area contributed by atoms with E-state index in [0.29, 0.717) is 47.5 Å². The molecule has 0 saturated carbocycles. The fourth-order valence-corrected chi connectivity index (χ4v) is 3.96. The Morgan fingerprint density at radius 1 is 1.38 bits per heavy atom. The summed E-state index contributed by atoms with van der Waals surface area (Å²) >= 11 is 6.66. The Balaban J connectivity index is 1.79. The largest absolute Gasteiger partial charge is 0.384 e. The summed E-state index contributed by atoms with van der Waals surface area (Å²) in [5, 5.41) is 0. The van der Waals surface area contributed by atoms with Gasteiger partial charge in [0, 0.05) is 19.7 Å². The van der Waals surface area contributed by atoms with Gasteiger partial charge in [0.1, 0.15) is 10.7 Å². The van der Waals surface area contributed by atoms with Crippen molar-refractivity contribution < 1.29 is 14.3 Å². The van der Waals surface area contributed by atoms with Gasteiger partial charge in [0.2, 0.25) is 0 Å². The number of carbonyl (C=O) groups is 1. The second-order valence-corrected chi connectivity index (χ2v) is 6.88. The van der Waals surface area contributed by atoms with Crippen LogP contribution in [0.5, 0.6) is 0 Å². The molecule has 1 aromatic rings. The number of hydrogen-bond acceptors (Lipinski definition) is 6. The molecule has 2 fully saturated rings. The highest BCUT2D eigenvalue weighted by molar-refractivity contribution is 7.73. The van der Waals surface area contributed by atoms with E-state index in [1.807, 2.05) is 4.57 Å². The summed E-state index contributed by atoms with van der Waals surface area (Å²) < 4.78 is 13.4. The van der Waals surface area contributed by atoms with E-state index in [-0.39, 0.29) is 12.0 Å². The molecule has 0 bridgehead atoms. The van der Waals surface area contributed by atoms with E-state index in [1.165, 1.54) is 11.3 Å². The molecule has 2 aliphatic heterocycles. The maximum atomic E-state index is 12.5. The minimum absolute atomic E-state index is 0.0435. The fraction of sp³-hybridized carbons (Fsp3) is 0.692. The molecular weight excluding hydrogens is 310 g/mol. The lowest BCUT2D eigenvalue weighted by atomic mass is 10.2. The van der Waals surface area contributed by atoms with Crippen molar-refractivity contribution in [2.24, 2.45) is 0 Å². The van der Waals surface area contributed by atoms with Crippen LogP contribution >= 0.6 is 23.6 Å². The van der Waals surface area contributed by atoms with Crippen LogP contribution in [-0.2, 0) is 16.0 Å². The summed E-state index contributed by atoms with van der Waals surface area (Å²) in [6, 6.07) is 0. The van der Waals surface area contributed by atoms with Crippen LogP contribution in [0.4, 0.5) is 5.82 Å². The number of aromatic nitrogens is 1. The molecule has 1 amide bonds. The second kappa shape index (κ2) is 6.43. The van der Waals surface area contributed by atoms with Gasteiger partial charge in [-0.3, -0.25) is 4.79 Å². The monoisotopic (exact) mass is 329 g/mol. The number of thiazole rings is 1. The number of nitrogens with zero attached hydrogens (tertiary/aromatic N) is 2. The molecule has 3 rings (SSSR count). The van der Waals surface area contributed by atoms with Crippen molar-refractivity contribution in [1.29, 1.82) is 0 Å². The van der Waals surface area contributed by atoms with Crippen molar-refractivity contribution in [3.8, 4) is 0 Å². The average Bonchev–Trinajstić information content (AvgIpc) is 3.11. The highest BCUT2D eigenvalue weighted by Crippen LogP contribution is 2.26. The molecule has 1 atom stereocenters. The summed E-state index contributed by atoms with van der Waals surface area (Å²) in [5.41, 5.74) is 6.16. The summed E-state index contributed by atoms with van der Waals surface area (Å²) in [4.78, 5) is 14.8. The van der Waals surface area contributed by atoms with Crippen molar-refractivity contribution in [1.82, 2.24) is 9.47 Å². The van der Waals surface area contributed by atoms with Crippen LogP contribution in [0.15, 0.2) is 0 Å². The normalized spacial score (nSPS) is 22.7. The quantitative estimate of drug-likeness (QED) is 0.851. The Morgan fingerprint density at radius 2 is 2.14 bits per heavy atom. The number of anilines is 1. The number of morpholine rings is 1. The van der Waals surface area contributed by atoms with Gasteiger partial charge in [0.15, 0.2) is 3.95 Å². The van der Waals surface area contributed by atoms with Crippen molar-refractivity contribution >= 4 is 35.3 Å². The first-order chi connectivity index (χ1) is 10.2. The Hall–Kier alpha value is -0.960. The van der Waals surface area contributed by atoms with E-state index in [1.54, 1.807) is 4.90 Å². The number of rotatable bonds is 3. The Morgan fingerprint density at radius 3 is 2.81 bits per heavy atom. The number of carbonyl (C=O) groups excluding carboxylic acids is 1. The van der Waals surface area contributed by atoms with E-state index >= 15 is 0 Å². The number of amides is 1. The Labute approximate surface area is 132 Å². The first-order valence-corrected chi connectivity index (χ1v) is 8.37.